The first kappa shape index (κ1) is 64.1. The summed E-state index contributed by atoms with van der Waals surface area (Å²) in [7, 11) is 0. The molecular formula is C71H93NO9. The van der Waals surface area contributed by atoms with Gasteiger partial charge in [-0.2, -0.15) is 0 Å². The number of aliphatic hydroxyl groups is 1. The molecular weight excluding hydrogens is 1010 g/mol. The van der Waals surface area contributed by atoms with Crippen LogP contribution >= 0.6 is 0 Å². The van der Waals surface area contributed by atoms with Gasteiger partial charge in [-0.3, -0.25) is 9.59 Å². The minimum Gasteiger partial charge on any atom is -0.478 e. The van der Waals surface area contributed by atoms with E-state index in [0.29, 0.717) is 11.3 Å². The average Bonchev–Trinajstić information content (AvgIpc) is 1.99. The van der Waals surface area contributed by atoms with Crippen molar-refractivity contribution in [3.05, 3.63) is 224 Å². The number of hydrogen-bond donors (Lipinski definition) is 5. The number of carboxylic acid groups (broad SMARTS) is 3. The molecule has 0 radical (unpaired) electrons. The Balaban J connectivity index is 0.000000616. The molecule has 0 bridgehead atoms. The minimum atomic E-state index is -0.994. The number of anilines is 1. The van der Waals surface area contributed by atoms with Crippen molar-refractivity contribution >= 4 is 41.4 Å². The first-order valence-corrected chi connectivity index (χ1v) is 27.1. The number of ketones is 1. The van der Waals surface area contributed by atoms with Crippen LogP contribution in [0, 0.1) is 0 Å². The largest absolute Gasteiger partial charge is 0.478 e. The number of amides is 1. The number of hydrogen-bond acceptors (Lipinski definition) is 6. The van der Waals surface area contributed by atoms with Gasteiger partial charge in [-0.05, 0) is 164 Å². The second-order valence-electron chi connectivity index (χ2n) is 25.3. The van der Waals surface area contributed by atoms with Crippen LogP contribution in [0.25, 0.3) is 6.08 Å². The zero-order chi connectivity index (χ0) is 58.2. The third-order valence-corrected chi connectivity index (χ3v) is 17.1. The van der Waals surface area contributed by atoms with Crippen molar-refractivity contribution in [3.63, 3.8) is 0 Å². The van der Waals surface area contributed by atoms with Crippen molar-refractivity contribution in [2.45, 2.75) is 169 Å². The highest BCUT2D eigenvalue weighted by Crippen LogP contribution is 2.53. The van der Waals surface area contributed by atoms with E-state index in [1.807, 2.05) is 36.4 Å². The zero-order valence-electron chi connectivity index (χ0n) is 47.9. The molecule has 6 aromatic rings. The summed E-state index contributed by atoms with van der Waals surface area (Å²) in [5.74, 6) is -3.05. The predicted molar refractivity (Wildman–Crippen MR) is 337 cm³/mol. The quantitative estimate of drug-likeness (QED) is 0.0624. The summed E-state index contributed by atoms with van der Waals surface area (Å²) in [6.07, 6.45) is 7.72. The van der Waals surface area contributed by atoms with E-state index in [1.54, 1.807) is 66.7 Å². The van der Waals surface area contributed by atoms with E-state index >= 15 is 0 Å². The van der Waals surface area contributed by atoms with Gasteiger partial charge in [0.15, 0.2) is 5.78 Å². The molecule has 5 N–H and O–H groups in total. The molecule has 436 valence electrons. The van der Waals surface area contributed by atoms with E-state index in [0.717, 1.165) is 52.7 Å². The maximum Gasteiger partial charge on any atom is 0.335 e. The Hall–Kier alpha value is -7.69. The molecule has 0 saturated heterocycles. The first-order valence-electron chi connectivity index (χ1n) is 27.1. The first-order chi connectivity index (χ1) is 36.7. The predicted octanol–water partition coefficient (Wildman–Crippen LogP) is 17.7. The molecule has 10 heteroatoms. The zero-order valence-corrected chi connectivity index (χ0v) is 47.9. The van der Waals surface area contributed by atoms with Crippen LogP contribution in [0.4, 0.5) is 5.69 Å². The molecule has 1 amide bonds. The number of carbonyl (C=O) groups is 5. The number of aliphatic hydroxyl groups excluding tert-OH is 1. The second kappa shape index (κ2) is 24.2. The SMILES string of the molecule is C.C.C=C1C(C)(C)c2ccc(C(=O)Nc3ccc(C(=O)O)cc3)cc2C1(C)C.CC1(C)CCC(C)(C)c2cc(C(=O)Cc3ccc(C(=O)O)cc3)ccc21.CC1(C)CCC(C)(C)c2cc(C(O)/C=C/c3ccc(C(=O)O)cc3)ccc21.[HH].[HH].[HH].[HH]. The number of nitrogens with one attached hydrogen (secondary N) is 1. The standard InChI is InChI=1S/C24H28O3.C23H26O3.C22H23NO3.2CH4.4H2/c1-23(2)13-14-24(3,4)20-15-18(10-11-19(20)23)21(25)12-7-16-5-8-17(9-6-16)22(26)27;1-22(2)11-12-23(3,4)19-14-17(9-10-18(19)22)20(24)13-15-5-7-16(8-6-15)21(25)26;1-13-21(2,3)17-11-8-15(12-18(17)22(13,4)5)19(24)23-16-9-6-14(7-10-16)20(25)26;;;;;;/h5-12,15,21,25H,13-14H2,1-4H3,(H,26,27);5-10,14H,11-13H2,1-4H3,(H,25,26);6-12H,1H2,2-5H3,(H,23,24)(H,25,26);2*1H4;4*1H/b12-7+;;;;;;;;. The molecule has 0 aromatic heterocycles. The summed E-state index contributed by atoms with van der Waals surface area (Å²) in [5, 5.41) is 40.3. The van der Waals surface area contributed by atoms with Crippen LogP contribution in [0.3, 0.4) is 0 Å². The minimum absolute atomic E-state index is 0. The summed E-state index contributed by atoms with van der Waals surface area (Å²) in [5.41, 5.74) is 14.1. The number of carbonyl (C=O) groups excluding carboxylic acids is 2. The summed E-state index contributed by atoms with van der Waals surface area (Å²) in [6, 6.07) is 37.5. The number of allylic oxidation sites excluding steroid dienone is 1. The van der Waals surface area contributed by atoms with E-state index in [4.69, 9.17) is 15.3 Å². The molecule has 0 spiro atoms. The van der Waals surface area contributed by atoms with Gasteiger partial charge in [0.25, 0.3) is 5.91 Å². The summed E-state index contributed by atoms with van der Waals surface area (Å²) in [4.78, 5) is 58.2. The Morgan fingerprint density at radius 3 is 1.37 bits per heavy atom. The Morgan fingerprint density at radius 2 is 0.877 bits per heavy atom. The van der Waals surface area contributed by atoms with Crippen LogP contribution in [0.5, 0.6) is 0 Å². The molecule has 10 nitrogen and oxygen atoms in total. The van der Waals surface area contributed by atoms with Gasteiger partial charge >= 0.3 is 17.9 Å². The fraction of sp³-hybridized carbons (Fsp3) is 0.366. The van der Waals surface area contributed by atoms with Gasteiger partial charge in [0.2, 0.25) is 0 Å². The molecule has 0 heterocycles. The van der Waals surface area contributed by atoms with E-state index < -0.39 is 24.0 Å². The topological polar surface area (TPSA) is 178 Å². The van der Waals surface area contributed by atoms with Gasteiger partial charge < -0.3 is 25.7 Å². The van der Waals surface area contributed by atoms with E-state index in [9.17, 15) is 29.1 Å². The van der Waals surface area contributed by atoms with Gasteiger partial charge in [0.05, 0.1) is 22.8 Å². The van der Waals surface area contributed by atoms with Crippen molar-refractivity contribution in [2.75, 3.05) is 5.32 Å². The molecule has 1 unspecified atom stereocenters. The molecule has 9 rings (SSSR count). The monoisotopic (exact) mass is 1100 g/mol. The lowest BCUT2D eigenvalue weighted by Crippen LogP contribution is -2.34. The van der Waals surface area contributed by atoms with Crippen LogP contribution in [0.1, 0.15) is 237 Å². The van der Waals surface area contributed by atoms with Gasteiger partial charge in [0.1, 0.15) is 0 Å². The third kappa shape index (κ3) is 13.9. The Labute approximate surface area is 487 Å². The van der Waals surface area contributed by atoms with Crippen LogP contribution in [-0.2, 0) is 38.9 Å². The fourth-order valence-electron chi connectivity index (χ4n) is 11.4. The van der Waals surface area contributed by atoms with Crippen molar-refractivity contribution in [1.29, 1.82) is 0 Å². The van der Waals surface area contributed by atoms with Gasteiger partial charge in [-0.1, -0.05) is 183 Å². The van der Waals surface area contributed by atoms with Gasteiger partial charge in [-0.15, -0.1) is 0 Å². The van der Waals surface area contributed by atoms with Crippen molar-refractivity contribution in [2.24, 2.45) is 0 Å². The fourth-order valence-corrected chi connectivity index (χ4v) is 11.4. The summed E-state index contributed by atoms with van der Waals surface area (Å²) in [6.45, 7) is 31.0. The van der Waals surface area contributed by atoms with Crippen LogP contribution in [-0.4, -0.2) is 50.0 Å². The average molecular weight is 1100 g/mol. The highest BCUT2D eigenvalue weighted by Gasteiger charge is 2.46. The Morgan fingerprint density at radius 1 is 0.494 bits per heavy atom. The number of aromatic carboxylic acids is 3. The Bertz CT molecular complexity index is 3390. The van der Waals surface area contributed by atoms with Crippen LogP contribution in [0.15, 0.2) is 146 Å². The molecule has 0 fully saturated rings. The third-order valence-electron chi connectivity index (χ3n) is 17.1. The molecule has 0 saturated carbocycles. The normalized spacial score (nSPS) is 17.3. The lowest BCUT2D eigenvalue weighted by Gasteiger charge is -2.42. The smallest absolute Gasteiger partial charge is 0.335 e. The molecule has 81 heavy (non-hydrogen) atoms. The number of Topliss-reactive ketones (excluding diaryl/α,β-unsaturated/α-hetero) is 1. The highest BCUT2D eigenvalue weighted by molar-refractivity contribution is 6.05. The number of rotatable bonds is 11. The number of carboxylic acids is 3. The van der Waals surface area contributed by atoms with E-state index in [-0.39, 0.29) is 87.9 Å². The molecule has 1 atom stereocenters. The summed E-state index contributed by atoms with van der Waals surface area (Å²) >= 11 is 0. The van der Waals surface area contributed by atoms with Gasteiger partial charge in [-0.25, -0.2) is 14.4 Å². The maximum atomic E-state index is 12.8. The lowest BCUT2D eigenvalue weighted by molar-refractivity contribution is 0.0686. The summed E-state index contributed by atoms with van der Waals surface area (Å²) < 4.78 is 0. The van der Waals surface area contributed by atoms with Crippen LogP contribution < -0.4 is 5.32 Å². The van der Waals surface area contributed by atoms with Crippen molar-refractivity contribution in [1.82, 2.24) is 0 Å². The lowest BCUT2D eigenvalue weighted by atomic mass is 9.63. The molecule has 6 aromatic carbocycles. The van der Waals surface area contributed by atoms with Gasteiger partial charge in [0, 0.05) is 39.8 Å². The van der Waals surface area contributed by atoms with Crippen LogP contribution in [0.2, 0.25) is 0 Å². The Kier molecular flexibility index (Phi) is 19.1. The number of benzene rings is 6. The van der Waals surface area contributed by atoms with Crippen molar-refractivity contribution < 1.29 is 50.1 Å². The highest BCUT2D eigenvalue weighted by atomic mass is 16.4. The maximum absolute atomic E-state index is 12.8. The van der Waals surface area contributed by atoms with E-state index in [1.165, 1.54) is 46.4 Å². The molecule has 3 aliphatic carbocycles. The second-order valence-corrected chi connectivity index (χ2v) is 25.3. The van der Waals surface area contributed by atoms with E-state index in [2.05, 4.69) is 119 Å². The number of fused-ring (bicyclic) bond motifs is 3. The molecule has 0 aliphatic heterocycles. The molecule has 3 aliphatic rings. The van der Waals surface area contributed by atoms with Crippen molar-refractivity contribution in [3.8, 4) is 0 Å².